The molecule has 1 N–H and O–H groups in total. The summed E-state index contributed by atoms with van der Waals surface area (Å²) in [5.41, 5.74) is 0.839. The number of nitrogens with one attached hydrogen (secondary N) is 1. The van der Waals surface area contributed by atoms with E-state index in [4.69, 9.17) is 9.26 Å². The molecule has 0 amide bonds. The number of hydrogen-bond acceptors (Lipinski definition) is 7. The van der Waals surface area contributed by atoms with Crippen molar-refractivity contribution in [2.24, 2.45) is 0 Å². The predicted octanol–water partition coefficient (Wildman–Crippen LogP) is 1.10. The van der Waals surface area contributed by atoms with Crippen LogP contribution in [0.4, 0.5) is 5.82 Å². The van der Waals surface area contributed by atoms with Gasteiger partial charge in [0.2, 0.25) is 11.8 Å². The van der Waals surface area contributed by atoms with Crippen LogP contribution in [0.1, 0.15) is 17.3 Å². The maximum Gasteiger partial charge on any atom is 0.245 e. The Kier molecular flexibility index (Phi) is 3.17. The Morgan fingerprint density at radius 1 is 1.35 bits per heavy atom. The Morgan fingerprint density at radius 2 is 2.18 bits per heavy atom. The van der Waals surface area contributed by atoms with E-state index in [1.807, 2.05) is 6.92 Å². The van der Waals surface area contributed by atoms with Crippen molar-refractivity contribution in [1.29, 1.82) is 0 Å². The van der Waals surface area contributed by atoms with Crippen LogP contribution in [-0.4, -0.2) is 27.2 Å². The van der Waals surface area contributed by atoms with Crippen molar-refractivity contribution in [2.45, 2.75) is 20.4 Å². The summed E-state index contributed by atoms with van der Waals surface area (Å²) in [7, 11) is 1.57. The third-order valence-corrected chi connectivity index (χ3v) is 2.21. The molecule has 2 aromatic heterocycles. The average molecular weight is 235 g/mol. The topological polar surface area (TPSA) is 86.0 Å². The Balaban J connectivity index is 2.09. The van der Waals surface area contributed by atoms with Gasteiger partial charge in [-0.2, -0.15) is 4.98 Å². The summed E-state index contributed by atoms with van der Waals surface area (Å²) in [5, 5.41) is 6.79. The van der Waals surface area contributed by atoms with E-state index in [1.54, 1.807) is 14.0 Å². The minimum Gasteiger partial charge on any atom is -0.481 e. The number of ether oxygens (including phenoxy) is 1. The smallest absolute Gasteiger partial charge is 0.245 e. The number of hydrogen-bond donors (Lipinski definition) is 1. The monoisotopic (exact) mass is 235 g/mol. The molecule has 0 fully saturated rings. The number of aromatic nitrogens is 4. The van der Waals surface area contributed by atoms with Gasteiger partial charge >= 0.3 is 0 Å². The summed E-state index contributed by atoms with van der Waals surface area (Å²) in [6.45, 7) is 4.06. The second kappa shape index (κ2) is 4.77. The van der Waals surface area contributed by atoms with Crippen LogP contribution in [0.5, 0.6) is 5.88 Å². The number of nitrogens with zero attached hydrogens (tertiary/aromatic N) is 4. The summed E-state index contributed by atoms with van der Waals surface area (Å²) >= 11 is 0. The predicted molar refractivity (Wildman–Crippen MR) is 59.7 cm³/mol. The highest BCUT2D eigenvalue weighted by Crippen LogP contribution is 2.19. The molecule has 0 unspecified atom stereocenters. The lowest BCUT2D eigenvalue weighted by Gasteiger charge is -2.08. The van der Waals surface area contributed by atoms with Crippen molar-refractivity contribution in [3.05, 3.63) is 23.6 Å². The summed E-state index contributed by atoms with van der Waals surface area (Å²) in [4.78, 5) is 12.2. The lowest BCUT2D eigenvalue weighted by atomic mass is 10.3. The fourth-order valence-electron chi connectivity index (χ4n) is 1.39. The Labute approximate surface area is 98.2 Å². The zero-order valence-corrected chi connectivity index (χ0v) is 9.89. The largest absolute Gasteiger partial charge is 0.481 e. The van der Waals surface area contributed by atoms with E-state index in [0.29, 0.717) is 30.0 Å². The van der Waals surface area contributed by atoms with Crippen LogP contribution in [-0.2, 0) is 6.54 Å². The molecule has 7 nitrogen and oxygen atoms in total. The van der Waals surface area contributed by atoms with E-state index in [1.165, 1.54) is 6.33 Å². The molecule has 0 saturated carbocycles. The van der Waals surface area contributed by atoms with Crippen LogP contribution in [0.3, 0.4) is 0 Å². The minimum atomic E-state index is 0.418. The van der Waals surface area contributed by atoms with Gasteiger partial charge in [-0.3, -0.25) is 0 Å². The Bertz CT molecular complexity index is 511. The fraction of sp³-hybridized carbons (Fsp3) is 0.400. The lowest BCUT2D eigenvalue weighted by Crippen LogP contribution is -2.05. The first-order valence-corrected chi connectivity index (χ1v) is 5.09. The first-order valence-electron chi connectivity index (χ1n) is 5.09. The maximum atomic E-state index is 5.10. The summed E-state index contributed by atoms with van der Waals surface area (Å²) in [6, 6.07) is 0. The highest BCUT2D eigenvalue weighted by atomic mass is 16.5. The molecule has 0 radical (unpaired) electrons. The van der Waals surface area contributed by atoms with Gasteiger partial charge in [0.15, 0.2) is 5.82 Å². The molecular weight excluding hydrogens is 222 g/mol. The zero-order valence-electron chi connectivity index (χ0n) is 9.89. The Morgan fingerprint density at radius 3 is 2.82 bits per heavy atom. The van der Waals surface area contributed by atoms with Gasteiger partial charge in [-0.15, -0.1) is 0 Å². The van der Waals surface area contributed by atoms with Gasteiger partial charge in [0, 0.05) is 0 Å². The molecule has 0 aliphatic rings. The van der Waals surface area contributed by atoms with E-state index in [9.17, 15) is 0 Å². The van der Waals surface area contributed by atoms with Crippen LogP contribution < -0.4 is 10.1 Å². The van der Waals surface area contributed by atoms with E-state index >= 15 is 0 Å². The molecule has 7 heteroatoms. The van der Waals surface area contributed by atoms with Crippen molar-refractivity contribution in [3.63, 3.8) is 0 Å². The summed E-state index contributed by atoms with van der Waals surface area (Å²) < 4.78 is 10.1. The van der Waals surface area contributed by atoms with Gasteiger partial charge in [-0.1, -0.05) is 5.16 Å². The van der Waals surface area contributed by atoms with Crippen LogP contribution in [0.15, 0.2) is 10.9 Å². The van der Waals surface area contributed by atoms with Crippen molar-refractivity contribution < 1.29 is 9.26 Å². The molecule has 0 atom stereocenters. The van der Waals surface area contributed by atoms with E-state index < -0.39 is 0 Å². The first kappa shape index (κ1) is 11.3. The molecule has 17 heavy (non-hydrogen) atoms. The Hall–Kier alpha value is -2.18. The molecule has 2 rings (SSSR count). The highest BCUT2D eigenvalue weighted by Gasteiger charge is 2.08. The second-order valence-corrected chi connectivity index (χ2v) is 3.45. The minimum absolute atomic E-state index is 0.418. The molecule has 0 aliphatic heterocycles. The van der Waals surface area contributed by atoms with Crippen LogP contribution in [0, 0.1) is 13.8 Å². The van der Waals surface area contributed by atoms with Gasteiger partial charge in [-0.05, 0) is 13.8 Å². The first-order chi connectivity index (χ1) is 8.20. The molecule has 90 valence electrons. The molecule has 2 aromatic rings. The highest BCUT2D eigenvalue weighted by molar-refractivity contribution is 5.47. The van der Waals surface area contributed by atoms with Crippen molar-refractivity contribution in [2.75, 3.05) is 12.4 Å². The summed E-state index contributed by atoms with van der Waals surface area (Å²) in [6.07, 6.45) is 1.44. The molecule has 2 heterocycles. The third kappa shape index (κ3) is 2.49. The fourth-order valence-corrected chi connectivity index (χ4v) is 1.39. The normalized spacial score (nSPS) is 10.3. The summed E-state index contributed by atoms with van der Waals surface area (Å²) in [5.74, 6) is 2.36. The van der Waals surface area contributed by atoms with E-state index in [0.717, 1.165) is 5.56 Å². The van der Waals surface area contributed by atoms with Crippen molar-refractivity contribution in [1.82, 2.24) is 20.1 Å². The molecule has 0 bridgehead atoms. The van der Waals surface area contributed by atoms with Crippen molar-refractivity contribution in [3.8, 4) is 5.88 Å². The lowest BCUT2D eigenvalue weighted by molar-refractivity contribution is 0.379. The van der Waals surface area contributed by atoms with Gasteiger partial charge < -0.3 is 14.6 Å². The van der Waals surface area contributed by atoms with Gasteiger partial charge in [0.1, 0.15) is 12.1 Å². The number of methoxy groups -OCH3 is 1. The van der Waals surface area contributed by atoms with E-state index in [-0.39, 0.29) is 0 Å². The molecular formula is C10H13N5O2. The third-order valence-electron chi connectivity index (χ3n) is 2.21. The van der Waals surface area contributed by atoms with E-state index in [2.05, 4.69) is 25.4 Å². The van der Waals surface area contributed by atoms with Crippen LogP contribution >= 0.6 is 0 Å². The van der Waals surface area contributed by atoms with Gasteiger partial charge in [0.05, 0.1) is 19.2 Å². The standard InChI is InChI=1S/C10H13N5O2/c1-6-9(12-5-13-10(6)16-3)11-4-8-14-7(2)15-17-8/h5H,4H2,1-3H3,(H,11,12,13). The number of rotatable bonds is 4. The molecule has 0 aromatic carbocycles. The van der Waals surface area contributed by atoms with Crippen molar-refractivity contribution >= 4 is 5.82 Å². The molecule has 0 spiro atoms. The quantitative estimate of drug-likeness (QED) is 0.848. The zero-order chi connectivity index (χ0) is 12.3. The average Bonchev–Trinajstić information content (AvgIpc) is 2.74. The number of anilines is 1. The molecule has 0 saturated heterocycles. The maximum absolute atomic E-state index is 5.10. The van der Waals surface area contributed by atoms with Crippen LogP contribution in [0.2, 0.25) is 0 Å². The van der Waals surface area contributed by atoms with Gasteiger partial charge in [0.25, 0.3) is 0 Å². The SMILES string of the molecule is COc1ncnc(NCc2nc(C)no2)c1C. The molecule has 0 aliphatic carbocycles. The number of aryl methyl sites for hydroxylation is 1. The van der Waals surface area contributed by atoms with Gasteiger partial charge in [-0.25, -0.2) is 9.97 Å². The second-order valence-electron chi connectivity index (χ2n) is 3.45. The van der Waals surface area contributed by atoms with Crippen LogP contribution in [0.25, 0.3) is 0 Å².